The summed E-state index contributed by atoms with van der Waals surface area (Å²) in [6.07, 6.45) is 6.35. The molecule has 3 unspecified atom stereocenters. The van der Waals surface area contributed by atoms with E-state index in [2.05, 4.69) is 20.3 Å². The maximum Gasteiger partial charge on any atom is 0.0577 e. The third kappa shape index (κ3) is 1.13. The van der Waals surface area contributed by atoms with Crippen LogP contribution in [-0.2, 0) is 0 Å². The van der Waals surface area contributed by atoms with E-state index in [0.29, 0.717) is 6.04 Å². The molecule has 0 N–H and O–H groups in total. The van der Waals surface area contributed by atoms with E-state index in [1.165, 1.54) is 31.5 Å². The Balaban J connectivity index is 1.87. The van der Waals surface area contributed by atoms with Gasteiger partial charge in [0.2, 0.25) is 0 Å². The monoisotopic (exact) mass is 176 g/mol. The molecule has 68 valence electrons. The molecule has 3 heterocycles. The molecule has 2 aliphatic heterocycles. The maximum absolute atomic E-state index is 3.83. The molecule has 4 nitrogen and oxygen atoms in total. The highest BCUT2D eigenvalue weighted by Gasteiger charge is 2.38. The minimum Gasteiger partial charge on any atom is -0.296 e. The van der Waals surface area contributed by atoms with Crippen molar-refractivity contribution in [2.45, 2.75) is 18.9 Å². The lowest BCUT2D eigenvalue weighted by molar-refractivity contribution is 0.264. The largest absolute Gasteiger partial charge is 0.296 e. The molecule has 0 spiro atoms. The fourth-order valence-corrected chi connectivity index (χ4v) is 2.57. The number of aromatic nitrogens is 3. The predicted octanol–water partition coefficient (Wildman–Crippen LogP) is 0.638. The van der Waals surface area contributed by atoms with E-state index in [-0.39, 0.29) is 0 Å². The van der Waals surface area contributed by atoms with Gasteiger partial charge in [0.05, 0.1) is 12.4 Å². The fraction of sp³-hybridized carbons (Fsp3) is 0.667. The Kier molecular flexibility index (Phi) is 1.55. The summed E-state index contributed by atoms with van der Waals surface area (Å²) in [6, 6.07) is 0.571. The predicted molar refractivity (Wildman–Crippen MR) is 46.9 cm³/mol. The Morgan fingerprint density at radius 2 is 2.15 bits per heavy atom. The summed E-state index contributed by atoms with van der Waals surface area (Å²) in [4.78, 5) is 2.53. The topological polar surface area (TPSA) is 41.9 Å². The summed E-state index contributed by atoms with van der Waals surface area (Å²) in [5.74, 6) is 0.915. The highest BCUT2D eigenvalue weighted by atomic mass is 15.3. The summed E-state index contributed by atoms with van der Waals surface area (Å²) in [7, 11) is 0. The van der Waals surface area contributed by atoms with Crippen LogP contribution in [0.25, 0.3) is 0 Å². The minimum absolute atomic E-state index is 0.571. The first kappa shape index (κ1) is 7.38. The van der Waals surface area contributed by atoms with Crippen LogP contribution in [-0.4, -0.2) is 33.4 Å². The molecule has 3 atom stereocenters. The lowest BCUT2D eigenvalue weighted by Gasteiger charge is -2.23. The third-order valence-electron chi connectivity index (χ3n) is 3.22. The second-order valence-electron chi connectivity index (χ2n) is 3.98. The average molecular weight is 176 g/mol. The third-order valence-corrected chi connectivity index (χ3v) is 3.22. The number of fused-ring (bicyclic) bond motifs is 2. The summed E-state index contributed by atoms with van der Waals surface area (Å²) in [5, 5.41) is 11.2. The van der Waals surface area contributed by atoms with Gasteiger partial charge in [0.1, 0.15) is 0 Å². The van der Waals surface area contributed by atoms with Gasteiger partial charge in [0.15, 0.2) is 0 Å². The fourth-order valence-electron chi connectivity index (χ4n) is 2.57. The Bertz CT molecular complexity index is 300. The van der Waals surface area contributed by atoms with Crippen LogP contribution in [0.3, 0.4) is 0 Å². The molecule has 4 heteroatoms. The summed E-state index contributed by atoms with van der Waals surface area (Å²) < 4.78 is 0. The first-order valence-corrected chi connectivity index (χ1v) is 4.81. The van der Waals surface area contributed by atoms with E-state index in [4.69, 9.17) is 0 Å². The Morgan fingerprint density at radius 3 is 2.77 bits per heavy atom. The lowest BCUT2D eigenvalue weighted by Crippen LogP contribution is -2.22. The smallest absolute Gasteiger partial charge is 0.0577 e. The van der Waals surface area contributed by atoms with Crippen molar-refractivity contribution in [3.8, 4) is 0 Å². The molecular weight excluding hydrogens is 164 g/mol. The van der Waals surface area contributed by atoms with E-state index in [1.54, 1.807) is 0 Å². The molecule has 1 aromatic rings. The van der Waals surface area contributed by atoms with Crippen LogP contribution in [0, 0.1) is 5.92 Å². The molecule has 2 saturated heterocycles. The van der Waals surface area contributed by atoms with Crippen molar-refractivity contribution in [2.24, 2.45) is 5.92 Å². The van der Waals surface area contributed by atoms with Crippen LogP contribution in [0.5, 0.6) is 0 Å². The maximum atomic E-state index is 3.83. The average Bonchev–Trinajstić information content (AvgIpc) is 2.80. The molecule has 2 aliphatic rings. The normalized spacial score (nSPS) is 36.8. The summed E-state index contributed by atoms with van der Waals surface area (Å²) in [6.45, 7) is 2.52. The van der Waals surface area contributed by atoms with Crippen molar-refractivity contribution in [3.63, 3.8) is 0 Å². The van der Waals surface area contributed by atoms with Crippen LogP contribution in [0.2, 0.25) is 0 Å². The minimum atomic E-state index is 0.571. The molecule has 13 heavy (non-hydrogen) atoms. The zero-order chi connectivity index (χ0) is 8.67. The Labute approximate surface area is 77.0 Å². The number of hydrogen-bond acceptors (Lipinski definition) is 4. The van der Waals surface area contributed by atoms with Gasteiger partial charge in [0.25, 0.3) is 0 Å². The molecule has 1 aromatic heterocycles. The van der Waals surface area contributed by atoms with E-state index >= 15 is 0 Å². The van der Waals surface area contributed by atoms with Crippen LogP contribution in [0.1, 0.15) is 24.4 Å². The van der Waals surface area contributed by atoms with Gasteiger partial charge in [-0.1, -0.05) is 0 Å². The second-order valence-corrected chi connectivity index (χ2v) is 3.98. The van der Waals surface area contributed by atoms with E-state index in [1.807, 2.05) is 12.4 Å². The van der Waals surface area contributed by atoms with Gasteiger partial charge >= 0.3 is 0 Å². The van der Waals surface area contributed by atoms with Crippen LogP contribution < -0.4 is 0 Å². The zero-order valence-electron chi connectivity index (χ0n) is 7.43. The first-order valence-electron chi connectivity index (χ1n) is 4.81. The van der Waals surface area contributed by atoms with Crippen LogP contribution in [0.4, 0.5) is 0 Å². The van der Waals surface area contributed by atoms with E-state index in [9.17, 15) is 0 Å². The summed E-state index contributed by atoms with van der Waals surface area (Å²) >= 11 is 0. The van der Waals surface area contributed by atoms with Crippen molar-refractivity contribution < 1.29 is 0 Å². The second kappa shape index (κ2) is 2.73. The molecule has 2 bridgehead atoms. The highest BCUT2D eigenvalue weighted by Crippen LogP contribution is 2.41. The van der Waals surface area contributed by atoms with Crippen molar-refractivity contribution >= 4 is 0 Å². The number of nitrogens with zero attached hydrogens (tertiary/aromatic N) is 4. The standard InChI is InChI=1S/C9H12N4/c1-2-13-6-7(1)3-9(13)8-4-10-12-11-5-8/h4-5,7,9H,1-3,6H2. The van der Waals surface area contributed by atoms with Gasteiger partial charge in [-0.25, -0.2) is 0 Å². The molecule has 0 aromatic carbocycles. The van der Waals surface area contributed by atoms with Gasteiger partial charge in [-0.15, -0.1) is 10.2 Å². The highest BCUT2D eigenvalue weighted by molar-refractivity contribution is 5.12. The lowest BCUT2D eigenvalue weighted by atomic mass is 9.97. The number of rotatable bonds is 1. The number of hydrogen-bond donors (Lipinski definition) is 0. The SMILES string of the molecule is c1nnncc1C1CC2CCN1C2. The Hall–Kier alpha value is -1.03. The van der Waals surface area contributed by atoms with Crippen molar-refractivity contribution in [2.75, 3.05) is 13.1 Å². The molecular formula is C9H12N4. The van der Waals surface area contributed by atoms with Gasteiger partial charge < -0.3 is 0 Å². The van der Waals surface area contributed by atoms with Gasteiger partial charge in [0, 0.05) is 18.2 Å². The molecule has 0 saturated carbocycles. The van der Waals surface area contributed by atoms with Gasteiger partial charge in [-0.2, -0.15) is 0 Å². The van der Waals surface area contributed by atoms with Gasteiger partial charge in [-0.05, 0) is 30.5 Å². The first-order chi connectivity index (χ1) is 6.43. The van der Waals surface area contributed by atoms with Crippen LogP contribution in [0.15, 0.2) is 12.4 Å². The van der Waals surface area contributed by atoms with E-state index < -0.39 is 0 Å². The molecule has 0 aliphatic carbocycles. The van der Waals surface area contributed by atoms with E-state index in [0.717, 1.165) is 5.92 Å². The molecule has 3 rings (SSSR count). The van der Waals surface area contributed by atoms with Crippen molar-refractivity contribution in [3.05, 3.63) is 18.0 Å². The Morgan fingerprint density at radius 1 is 1.31 bits per heavy atom. The van der Waals surface area contributed by atoms with Gasteiger partial charge in [-0.3, -0.25) is 4.90 Å². The zero-order valence-corrected chi connectivity index (χ0v) is 7.43. The summed E-state index contributed by atoms with van der Waals surface area (Å²) in [5.41, 5.74) is 1.23. The number of piperidine rings is 1. The molecule has 0 radical (unpaired) electrons. The molecule has 0 amide bonds. The quantitative estimate of drug-likeness (QED) is 0.629. The van der Waals surface area contributed by atoms with Crippen LogP contribution >= 0.6 is 0 Å². The molecule has 2 fully saturated rings. The van der Waals surface area contributed by atoms with Crippen molar-refractivity contribution in [1.29, 1.82) is 0 Å². The van der Waals surface area contributed by atoms with Crippen molar-refractivity contribution in [1.82, 2.24) is 20.3 Å².